The Balaban J connectivity index is 1.71. The van der Waals surface area contributed by atoms with Gasteiger partial charge >= 0.3 is 6.18 Å². The predicted octanol–water partition coefficient (Wildman–Crippen LogP) is 3.55. The van der Waals surface area contributed by atoms with Crippen molar-refractivity contribution in [3.05, 3.63) is 23.0 Å². The van der Waals surface area contributed by atoms with Crippen molar-refractivity contribution in [2.24, 2.45) is 0 Å². The molecule has 5 nitrogen and oxygen atoms in total. The number of aromatic nitrogens is 4. The number of halogens is 3. The number of nitrogens with zero attached hydrogens (tertiary/aromatic N) is 5. The highest BCUT2D eigenvalue weighted by molar-refractivity contribution is 7.15. The van der Waals surface area contributed by atoms with Crippen LogP contribution in [-0.4, -0.2) is 33.1 Å². The maximum atomic E-state index is 12.7. The molecule has 9 heteroatoms. The van der Waals surface area contributed by atoms with Gasteiger partial charge < -0.3 is 4.90 Å². The SMILES string of the molecule is CCCc1nnc(N2CCCC(n3ccc(C(F)(F)F)n3)C2)s1. The van der Waals surface area contributed by atoms with E-state index in [0.29, 0.717) is 6.54 Å². The van der Waals surface area contributed by atoms with E-state index in [1.165, 1.54) is 10.9 Å². The van der Waals surface area contributed by atoms with E-state index >= 15 is 0 Å². The Bertz CT molecular complexity index is 651. The molecule has 1 aliphatic rings. The van der Waals surface area contributed by atoms with Crippen molar-refractivity contribution < 1.29 is 13.2 Å². The van der Waals surface area contributed by atoms with E-state index in [0.717, 1.165) is 48.4 Å². The molecule has 126 valence electrons. The molecular formula is C14H18F3N5S. The fourth-order valence-electron chi connectivity index (χ4n) is 2.72. The Morgan fingerprint density at radius 2 is 2.17 bits per heavy atom. The lowest BCUT2D eigenvalue weighted by molar-refractivity contribution is -0.141. The number of anilines is 1. The van der Waals surface area contributed by atoms with Crippen LogP contribution in [0.25, 0.3) is 0 Å². The molecule has 0 saturated carbocycles. The third-order valence-electron chi connectivity index (χ3n) is 3.86. The number of alkyl halides is 3. The predicted molar refractivity (Wildman–Crippen MR) is 81.6 cm³/mol. The van der Waals surface area contributed by atoms with Gasteiger partial charge in [-0.3, -0.25) is 4.68 Å². The van der Waals surface area contributed by atoms with Crippen molar-refractivity contribution >= 4 is 16.5 Å². The second-order valence-electron chi connectivity index (χ2n) is 5.65. The molecule has 0 spiro atoms. The Kier molecular flexibility index (Phi) is 4.56. The highest BCUT2D eigenvalue weighted by Crippen LogP contribution is 2.31. The summed E-state index contributed by atoms with van der Waals surface area (Å²) in [6.45, 7) is 3.55. The van der Waals surface area contributed by atoms with Crippen LogP contribution in [0.3, 0.4) is 0 Å². The van der Waals surface area contributed by atoms with Gasteiger partial charge in [0.1, 0.15) is 5.01 Å². The second kappa shape index (κ2) is 6.46. The topological polar surface area (TPSA) is 46.8 Å². The van der Waals surface area contributed by atoms with Gasteiger partial charge in [0, 0.05) is 25.7 Å². The van der Waals surface area contributed by atoms with Gasteiger partial charge in [0.2, 0.25) is 5.13 Å². The third kappa shape index (κ3) is 3.65. The Morgan fingerprint density at radius 1 is 1.35 bits per heavy atom. The molecule has 0 radical (unpaired) electrons. The number of rotatable bonds is 4. The van der Waals surface area contributed by atoms with Gasteiger partial charge in [-0.15, -0.1) is 10.2 Å². The number of piperidine rings is 1. The van der Waals surface area contributed by atoms with Gasteiger partial charge in [-0.05, 0) is 25.3 Å². The minimum Gasteiger partial charge on any atom is -0.345 e. The lowest BCUT2D eigenvalue weighted by atomic mass is 10.1. The maximum absolute atomic E-state index is 12.7. The Labute approximate surface area is 136 Å². The van der Waals surface area contributed by atoms with Crippen molar-refractivity contribution in [3.8, 4) is 0 Å². The minimum atomic E-state index is -4.39. The summed E-state index contributed by atoms with van der Waals surface area (Å²) in [4.78, 5) is 2.10. The summed E-state index contributed by atoms with van der Waals surface area (Å²) < 4.78 is 39.5. The zero-order valence-electron chi connectivity index (χ0n) is 12.8. The molecule has 3 rings (SSSR count). The molecule has 1 aliphatic heterocycles. The normalized spacial score (nSPS) is 19.3. The van der Waals surface area contributed by atoms with E-state index in [-0.39, 0.29) is 6.04 Å². The van der Waals surface area contributed by atoms with Crippen molar-refractivity contribution in [3.63, 3.8) is 0 Å². The van der Waals surface area contributed by atoms with Crippen molar-refractivity contribution in [1.82, 2.24) is 20.0 Å². The first-order valence-corrected chi connectivity index (χ1v) is 8.48. The molecular weight excluding hydrogens is 327 g/mol. The first kappa shape index (κ1) is 16.2. The van der Waals surface area contributed by atoms with E-state index in [9.17, 15) is 13.2 Å². The van der Waals surface area contributed by atoms with Crippen LogP contribution in [0.1, 0.15) is 42.9 Å². The molecule has 1 unspecified atom stereocenters. The molecule has 23 heavy (non-hydrogen) atoms. The van der Waals surface area contributed by atoms with Crippen LogP contribution in [0.15, 0.2) is 12.3 Å². The van der Waals surface area contributed by atoms with Gasteiger partial charge in [-0.2, -0.15) is 18.3 Å². The lowest BCUT2D eigenvalue weighted by Gasteiger charge is -2.32. The zero-order valence-corrected chi connectivity index (χ0v) is 13.6. The standard InChI is InChI=1S/C14H18F3N5S/c1-2-4-12-18-19-13(23-12)21-7-3-5-10(9-21)22-8-6-11(20-22)14(15,16)17/h6,8,10H,2-5,7,9H2,1H3. The van der Waals surface area contributed by atoms with E-state index in [1.54, 1.807) is 11.3 Å². The van der Waals surface area contributed by atoms with Crippen LogP contribution < -0.4 is 4.90 Å². The summed E-state index contributed by atoms with van der Waals surface area (Å²) in [5, 5.41) is 13.9. The number of aryl methyl sites for hydroxylation is 1. The summed E-state index contributed by atoms with van der Waals surface area (Å²) in [5.74, 6) is 0. The number of hydrogen-bond acceptors (Lipinski definition) is 5. The molecule has 0 bridgehead atoms. The van der Waals surface area contributed by atoms with Gasteiger partial charge in [0.05, 0.1) is 6.04 Å². The molecule has 1 saturated heterocycles. The molecule has 2 aromatic heterocycles. The van der Waals surface area contributed by atoms with Crippen LogP contribution in [0, 0.1) is 0 Å². The largest absolute Gasteiger partial charge is 0.435 e. The summed E-state index contributed by atoms with van der Waals surface area (Å²) in [6.07, 6.45) is 0.659. The van der Waals surface area contributed by atoms with Crippen LogP contribution in [0.5, 0.6) is 0 Å². The second-order valence-corrected chi connectivity index (χ2v) is 6.69. The molecule has 1 atom stereocenters. The van der Waals surface area contributed by atoms with E-state index in [2.05, 4.69) is 27.1 Å². The molecule has 0 amide bonds. The lowest BCUT2D eigenvalue weighted by Crippen LogP contribution is -2.36. The van der Waals surface area contributed by atoms with Gasteiger partial charge in [0.25, 0.3) is 0 Å². The van der Waals surface area contributed by atoms with Crippen LogP contribution in [-0.2, 0) is 12.6 Å². The van der Waals surface area contributed by atoms with E-state index in [4.69, 9.17) is 0 Å². The molecule has 1 fully saturated rings. The molecule has 0 N–H and O–H groups in total. The minimum absolute atomic E-state index is 0.0709. The van der Waals surface area contributed by atoms with Crippen LogP contribution in [0.2, 0.25) is 0 Å². The Hall–Kier alpha value is -1.64. The average molecular weight is 345 g/mol. The average Bonchev–Trinajstić information content (AvgIpc) is 3.16. The van der Waals surface area contributed by atoms with Crippen molar-refractivity contribution in [1.29, 1.82) is 0 Å². The first-order chi connectivity index (χ1) is 11.0. The smallest absolute Gasteiger partial charge is 0.345 e. The zero-order chi connectivity index (χ0) is 16.4. The summed E-state index contributed by atoms with van der Waals surface area (Å²) in [6, 6.07) is 0.960. The van der Waals surface area contributed by atoms with Gasteiger partial charge in [0.15, 0.2) is 5.69 Å². The summed E-state index contributed by atoms with van der Waals surface area (Å²) in [5.41, 5.74) is -0.837. The third-order valence-corrected chi connectivity index (χ3v) is 4.90. The Morgan fingerprint density at radius 3 is 2.87 bits per heavy atom. The number of hydrogen-bond donors (Lipinski definition) is 0. The first-order valence-electron chi connectivity index (χ1n) is 7.67. The summed E-state index contributed by atoms with van der Waals surface area (Å²) in [7, 11) is 0. The van der Waals surface area contributed by atoms with Crippen LogP contribution in [0.4, 0.5) is 18.3 Å². The fraction of sp³-hybridized carbons (Fsp3) is 0.643. The van der Waals surface area contributed by atoms with Crippen LogP contribution >= 0.6 is 11.3 Å². The monoisotopic (exact) mass is 345 g/mol. The highest BCUT2D eigenvalue weighted by atomic mass is 32.1. The molecule has 3 heterocycles. The maximum Gasteiger partial charge on any atom is 0.435 e. The highest BCUT2D eigenvalue weighted by Gasteiger charge is 2.34. The summed E-state index contributed by atoms with van der Waals surface area (Å²) >= 11 is 1.56. The van der Waals surface area contributed by atoms with E-state index < -0.39 is 11.9 Å². The molecule has 0 aromatic carbocycles. The van der Waals surface area contributed by atoms with E-state index in [1.807, 2.05) is 0 Å². The molecule has 2 aromatic rings. The fourth-order valence-corrected chi connectivity index (χ4v) is 3.70. The van der Waals surface area contributed by atoms with Crippen molar-refractivity contribution in [2.75, 3.05) is 18.0 Å². The van der Waals surface area contributed by atoms with Gasteiger partial charge in [-0.25, -0.2) is 0 Å². The van der Waals surface area contributed by atoms with Crippen molar-refractivity contribution in [2.45, 2.75) is 44.8 Å². The van der Waals surface area contributed by atoms with Gasteiger partial charge in [-0.1, -0.05) is 18.3 Å². The quantitative estimate of drug-likeness (QED) is 0.850. The molecule has 0 aliphatic carbocycles.